The number of aromatic nitrogens is 17. The van der Waals surface area contributed by atoms with Crippen LogP contribution in [-0.2, 0) is 0 Å². The van der Waals surface area contributed by atoms with Crippen LogP contribution in [0.3, 0.4) is 0 Å². The lowest BCUT2D eigenvalue weighted by atomic mass is 9.82. The number of hydrogen-bond donors (Lipinski definition) is 11. The van der Waals surface area contributed by atoms with Crippen molar-refractivity contribution in [2.75, 3.05) is 58.4 Å². The number of benzene rings is 3. The molecule has 2 aliphatic heterocycles. The highest BCUT2D eigenvalue weighted by Gasteiger charge is 2.36. The summed E-state index contributed by atoms with van der Waals surface area (Å²) in [7, 11) is 3.85. The van der Waals surface area contributed by atoms with Gasteiger partial charge in [-0.1, -0.05) is 43.8 Å². The fraction of sp³-hybridized carbons (Fsp3) is 0.257. The smallest absolute Gasteiger partial charge is 0.122 e. The number of H-pyrrole nitrogens is 7. The summed E-state index contributed by atoms with van der Waals surface area (Å²) in [5, 5.41) is 75.3. The van der Waals surface area contributed by atoms with Crippen LogP contribution in [-0.4, -0.2) is 162 Å². The van der Waals surface area contributed by atoms with E-state index in [1.54, 1.807) is 38.0 Å². The number of aryl methyl sites for hydroxylation is 5. The van der Waals surface area contributed by atoms with Gasteiger partial charge in [0.2, 0.25) is 0 Å². The Hall–Kier alpha value is -11.8. The van der Waals surface area contributed by atoms with Gasteiger partial charge in [0, 0.05) is 139 Å². The zero-order chi connectivity index (χ0) is 68.8. The number of aliphatic hydroxyl groups is 1. The van der Waals surface area contributed by atoms with Crippen molar-refractivity contribution in [1.29, 1.82) is 0 Å². The average molecular weight is 1320 g/mol. The highest BCUT2D eigenvalue weighted by Crippen LogP contribution is 2.41. The van der Waals surface area contributed by atoms with Crippen molar-refractivity contribution in [1.82, 2.24) is 107 Å². The molecule has 99 heavy (non-hydrogen) atoms. The minimum atomic E-state index is 0.0963. The lowest BCUT2D eigenvalue weighted by Crippen LogP contribution is -2.39. The second-order valence-corrected chi connectivity index (χ2v) is 24.8. The van der Waals surface area contributed by atoms with Gasteiger partial charge in [0.15, 0.2) is 0 Å². The van der Waals surface area contributed by atoms with Gasteiger partial charge >= 0.3 is 0 Å². The predicted octanol–water partition coefficient (Wildman–Crippen LogP) is 11.7. The van der Waals surface area contributed by atoms with Crippen molar-refractivity contribution in [2.45, 2.75) is 67.5 Å². The number of hydrazone groups is 1. The number of anilines is 1. The second-order valence-electron chi connectivity index (χ2n) is 24.8. The lowest BCUT2D eigenvalue weighted by molar-refractivity contribution is 0.302. The van der Waals surface area contributed by atoms with Crippen LogP contribution in [0.1, 0.15) is 65.0 Å². The molecule has 0 spiro atoms. The van der Waals surface area contributed by atoms with Crippen LogP contribution in [0.4, 0.5) is 5.69 Å². The predicted molar refractivity (Wildman–Crippen MR) is 392 cm³/mol. The lowest BCUT2D eigenvalue weighted by Gasteiger charge is -2.34. The molecule has 0 bridgehead atoms. The third kappa shape index (κ3) is 13.3. The van der Waals surface area contributed by atoms with Crippen molar-refractivity contribution in [3.63, 3.8) is 0 Å². The number of aliphatic hydroxyl groups excluding tert-OH is 1. The Morgan fingerprint density at radius 1 is 0.657 bits per heavy atom. The van der Waals surface area contributed by atoms with E-state index < -0.39 is 0 Å². The van der Waals surface area contributed by atoms with E-state index in [1.165, 1.54) is 28.1 Å². The SMILES string of the molecule is C=Cc1[nH]ncc1-c1cnc(-c2cn[nH]c2C)cc1-c1cc(C)c(C)c(OC)c1.CCN(C)CCNC1=CC(c2cn[nH]c2C)NC2=C1C1C=NNC1C=C2.CCN(CCO)c1cc(-c2cn[nH]c2C)nc2ccc3[nH]ncc3c12.Cc1[nH]ncc1-c1ccc2ccc3cn[nH]c3c2n1. The molecule has 3 atom stereocenters. The molecule has 11 N–H and O–H groups in total. The number of fused-ring (bicyclic) bond motifs is 8. The van der Waals surface area contributed by atoms with Gasteiger partial charge in [-0.3, -0.25) is 40.7 Å². The molecule has 0 fully saturated rings. The molecular weight excluding hydrogens is 1240 g/mol. The number of nitrogens with zero attached hydrogens (tertiary/aromatic N) is 13. The van der Waals surface area contributed by atoms with Crippen molar-refractivity contribution >= 4 is 61.6 Å². The highest BCUT2D eigenvalue weighted by molar-refractivity contribution is 6.12. The summed E-state index contributed by atoms with van der Waals surface area (Å²) in [5.74, 6) is 1.12. The van der Waals surface area contributed by atoms with Gasteiger partial charge in [-0.15, -0.1) is 0 Å². The summed E-state index contributed by atoms with van der Waals surface area (Å²) in [4.78, 5) is 18.8. The van der Waals surface area contributed by atoms with E-state index in [-0.39, 0.29) is 24.6 Å². The molecule has 0 saturated heterocycles. The third-order valence-electron chi connectivity index (χ3n) is 18.7. The quantitative estimate of drug-likeness (QED) is 0.0403. The standard InChI is InChI=1S/C23H23N5O.C19H27N7.C18H20N6O.C14H11N5/c1-6-21-20(12-26-28-21)19-10-24-22(18-11-25-27-15(18)4)9-17(19)16-7-13(2)14(3)23(8-16)29-5;1-4-26(3)8-7-20-18-9-17(13-10-21-24-12(13)2)23-16-6-5-15-14(19(16)18)11-22-25-15;1-3-24(6-7-25)17-8-16(12-9-19-22-11(12)2)21-15-5-4-14-13(18(15)17)10-20-23-14;1-8-11(7-16-18-8)12-5-4-9-2-3-10-6-15-19-14(10)13(9)17-12/h6-12H,1H2,2-5H3,(H,25,27)(H,26,28);5-6,9-11,14-15,17,20,23,25H,4,7-8H2,1-3H3,(H,21,24);4-5,8-10,25H,3,6-7H2,1-2H3,(H,19,22)(H,20,23);2-7H,1H3,(H,15,19)(H,16,18). The molecule has 25 nitrogen and oxygen atoms in total. The monoisotopic (exact) mass is 1320 g/mol. The minimum absolute atomic E-state index is 0.0963. The van der Waals surface area contributed by atoms with E-state index in [9.17, 15) is 5.11 Å². The van der Waals surface area contributed by atoms with E-state index in [0.29, 0.717) is 6.54 Å². The minimum Gasteiger partial charge on any atom is -0.496 e. The first-order valence-corrected chi connectivity index (χ1v) is 33.1. The molecule has 1 aliphatic carbocycles. The average Bonchev–Trinajstić information content (AvgIpc) is 1.76. The van der Waals surface area contributed by atoms with Crippen molar-refractivity contribution in [2.24, 2.45) is 11.0 Å². The van der Waals surface area contributed by atoms with Gasteiger partial charge in [0.1, 0.15) is 5.75 Å². The van der Waals surface area contributed by atoms with E-state index in [4.69, 9.17) is 19.7 Å². The van der Waals surface area contributed by atoms with Crippen molar-refractivity contribution in [3.05, 3.63) is 197 Å². The maximum absolute atomic E-state index is 9.48. The zero-order valence-electron chi connectivity index (χ0n) is 57.1. The second kappa shape index (κ2) is 28.9. The van der Waals surface area contributed by atoms with Crippen LogP contribution in [0, 0.1) is 47.5 Å². The van der Waals surface area contributed by atoms with Crippen LogP contribution in [0.15, 0.2) is 157 Å². The number of allylic oxidation sites excluding steroid dienone is 2. The van der Waals surface area contributed by atoms with Gasteiger partial charge in [0.25, 0.3) is 0 Å². The maximum atomic E-state index is 9.48. The molecule has 0 radical (unpaired) electrons. The number of ether oxygens (including phenoxy) is 1. The number of aromatic amines is 7. The third-order valence-corrected chi connectivity index (χ3v) is 18.7. The maximum Gasteiger partial charge on any atom is 0.122 e. The van der Waals surface area contributed by atoms with Crippen LogP contribution in [0.2, 0.25) is 0 Å². The van der Waals surface area contributed by atoms with Crippen molar-refractivity contribution < 1.29 is 9.84 Å². The Labute approximate surface area is 571 Å². The molecule has 12 heterocycles. The van der Waals surface area contributed by atoms with Gasteiger partial charge < -0.3 is 35.7 Å². The number of pyridine rings is 3. The normalized spacial score (nSPS) is 15.2. The molecule has 25 heteroatoms. The van der Waals surface area contributed by atoms with Crippen LogP contribution < -0.4 is 25.7 Å². The molecule has 10 aromatic heterocycles. The first kappa shape index (κ1) is 65.8. The van der Waals surface area contributed by atoms with E-state index in [1.807, 2.05) is 76.0 Å². The molecule has 0 saturated carbocycles. The van der Waals surface area contributed by atoms with Crippen LogP contribution in [0.5, 0.6) is 5.75 Å². The summed E-state index contributed by atoms with van der Waals surface area (Å²) in [6, 6.07) is 21.0. The van der Waals surface area contributed by atoms with E-state index in [2.05, 4.69) is 205 Å². The van der Waals surface area contributed by atoms with Crippen LogP contribution in [0.25, 0.3) is 106 Å². The molecule has 504 valence electrons. The Bertz CT molecular complexity index is 5180. The summed E-state index contributed by atoms with van der Waals surface area (Å²) in [6.07, 6.45) is 25.1. The number of methoxy groups -OCH3 is 1. The molecule has 3 aromatic carbocycles. The van der Waals surface area contributed by atoms with Gasteiger partial charge in [-0.2, -0.15) is 40.8 Å². The number of hydrogen-bond acceptors (Lipinski definition) is 18. The summed E-state index contributed by atoms with van der Waals surface area (Å²) >= 11 is 0. The van der Waals surface area contributed by atoms with E-state index in [0.717, 1.165) is 171 Å². The van der Waals surface area contributed by atoms with Crippen molar-refractivity contribution in [3.8, 4) is 61.8 Å². The summed E-state index contributed by atoms with van der Waals surface area (Å²) in [5.41, 5.74) is 29.7. The first-order valence-electron chi connectivity index (χ1n) is 33.1. The number of rotatable bonds is 17. The molecule has 13 aromatic rings. The number of dihydropyridines is 1. The summed E-state index contributed by atoms with van der Waals surface area (Å²) in [6.45, 7) is 24.8. The molecule has 0 amide bonds. The first-order chi connectivity index (χ1) is 48.2. The molecule has 3 unspecified atom stereocenters. The van der Waals surface area contributed by atoms with E-state index >= 15 is 0 Å². The summed E-state index contributed by atoms with van der Waals surface area (Å²) < 4.78 is 5.62. The fourth-order valence-electron chi connectivity index (χ4n) is 12.9. The molecule has 3 aliphatic rings. The number of likely N-dealkylation sites (N-methyl/N-ethyl adjacent to an activating group) is 2. The van der Waals surface area contributed by atoms with Gasteiger partial charge in [-0.25, -0.2) is 9.97 Å². The Balaban J connectivity index is 0.000000120. The highest BCUT2D eigenvalue weighted by atomic mass is 16.5. The van der Waals surface area contributed by atoms with Gasteiger partial charge in [0.05, 0.1) is 120 Å². The topological polar surface area (TPSA) is 324 Å². The molecule has 16 rings (SSSR count). The Morgan fingerprint density at radius 2 is 1.35 bits per heavy atom. The number of nitrogens with one attached hydrogen (secondary N) is 10. The zero-order valence-corrected chi connectivity index (χ0v) is 57.1. The largest absolute Gasteiger partial charge is 0.496 e. The Morgan fingerprint density at radius 3 is 2.06 bits per heavy atom. The molecular formula is C74H81N23O2. The fourth-order valence-corrected chi connectivity index (χ4v) is 12.9. The van der Waals surface area contributed by atoms with Gasteiger partial charge in [-0.05, 0) is 139 Å². The Kier molecular flexibility index (Phi) is 19.2. The van der Waals surface area contributed by atoms with Crippen LogP contribution >= 0.6 is 0 Å².